The Bertz CT molecular complexity index is 1080. The Morgan fingerprint density at radius 1 is 1.16 bits per heavy atom. The molecule has 3 aliphatic rings. The van der Waals surface area contributed by atoms with Crippen molar-refractivity contribution in [1.82, 2.24) is 19.7 Å². The van der Waals surface area contributed by atoms with E-state index in [9.17, 15) is 14.4 Å². The molecule has 3 fully saturated rings. The van der Waals surface area contributed by atoms with E-state index < -0.39 is 18.1 Å². The molecule has 1 spiro atoms. The molecule has 9 heteroatoms. The Kier molecular flexibility index (Phi) is 5.05. The zero-order valence-electron chi connectivity index (χ0n) is 18.4. The van der Waals surface area contributed by atoms with Gasteiger partial charge in [-0.1, -0.05) is 30.3 Å². The molecule has 3 aliphatic heterocycles. The molecule has 0 bridgehead atoms. The Morgan fingerprint density at radius 3 is 2.50 bits per heavy atom. The monoisotopic (exact) mass is 454 g/mol. The summed E-state index contributed by atoms with van der Waals surface area (Å²) < 4.78 is 5.28. The molecule has 1 aromatic carbocycles. The second-order valence-electron chi connectivity index (χ2n) is 9.13. The Balaban J connectivity index is 1.43. The highest BCUT2D eigenvalue weighted by Crippen LogP contribution is 2.46. The predicted octanol–water partition coefficient (Wildman–Crippen LogP) is 2.48. The Morgan fingerprint density at radius 2 is 1.88 bits per heavy atom. The number of amides is 3. The van der Waals surface area contributed by atoms with Crippen molar-refractivity contribution in [3.05, 3.63) is 51.5 Å². The van der Waals surface area contributed by atoms with Crippen LogP contribution in [0.4, 0.5) is 4.79 Å². The van der Waals surface area contributed by atoms with Crippen molar-refractivity contribution in [2.75, 3.05) is 39.8 Å². The molecule has 1 aromatic heterocycles. The van der Waals surface area contributed by atoms with E-state index in [-0.39, 0.29) is 23.8 Å². The lowest BCUT2D eigenvalue weighted by atomic mass is 9.71. The lowest BCUT2D eigenvalue weighted by Gasteiger charge is -2.49. The number of nitrogens with zero attached hydrogens (tertiary/aromatic N) is 4. The third-order valence-corrected chi connectivity index (χ3v) is 7.86. The van der Waals surface area contributed by atoms with Gasteiger partial charge in [0.05, 0.1) is 16.6 Å². The number of benzene rings is 1. The van der Waals surface area contributed by atoms with Gasteiger partial charge in [-0.3, -0.25) is 9.59 Å². The zero-order chi connectivity index (χ0) is 22.6. The highest BCUT2D eigenvalue weighted by Gasteiger charge is 2.59. The van der Waals surface area contributed by atoms with Gasteiger partial charge < -0.3 is 14.5 Å². The number of imide groups is 1. The molecule has 0 radical (unpaired) electrons. The maximum absolute atomic E-state index is 13.8. The van der Waals surface area contributed by atoms with Gasteiger partial charge in [-0.25, -0.2) is 14.7 Å². The smallest absolute Gasteiger partial charge is 0.417 e. The van der Waals surface area contributed by atoms with E-state index >= 15 is 0 Å². The summed E-state index contributed by atoms with van der Waals surface area (Å²) >= 11 is 1.39. The summed E-state index contributed by atoms with van der Waals surface area (Å²) in [5.41, 5.74) is 1.24. The van der Waals surface area contributed by atoms with Crippen LogP contribution in [0.15, 0.2) is 30.3 Å². The number of hydrogen-bond donors (Lipinski definition) is 0. The summed E-state index contributed by atoms with van der Waals surface area (Å²) in [6, 6.07) is 9.04. The molecular weight excluding hydrogens is 428 g/mol. The van der Waals surface area contributed by atoms with Gasteiger partial charge in [-0.05, 0) is 26.5 Å². The van der Waals surface area contributed by atoms with Crippen molar-refractivity contribution in [2.24, 2.45) is 11.3 Å². The first-order valence-corrected chi connectivity index (χ1v) is 11.6. The fourth-order valence-electron chi connectivity index (χ4n) is 5.44. The van der Waals surface area contributed by atoms with Crippen LogP contribution in [0.3, 0.4) is 0 Å². The van der Waals surface area contributed by atoms with Crippen molar-refractivity contribution in [3.63, 3.8) is 0 Å². The van der Waals surface area contributed by atoms with Crippen LogP contribution < -0.4 is 0 Å². The van der Waals surface area contributed by atoms with E-state index in [2.05, 4.69) is 9.88 Å². The maximum atomic E-state index is 13.8. The number of carbonyl (C=O) groups excluding carboxylic acids is 3. The summed E-state index contributed by atoms with van der Waals surface area (Å²) in [6.07, 6.45) is -0.606. The van der Waals surface area contributed by atoms with E-state index in [4.69, 9.17) is 4.74 Å². The van der Waals surface area contributed by atoms with E-state index in [1.165, 1.54) is 16.2 Å². The molecule has 32 heavy (non-hydrogen) atoms. The third-order valence-electron chi connectivity index (χ3n) is 6.80. The van der Waals surface area contributed by atoms with Crippen molar-refractivity contribution in [1.29, 1.82) is 0 Å². The zero-order valence-corrected chi connectivity index (χ0v) is 19.2. The van der Waals surface area contributed by atoms with Crippen LogP contribution in [-0.2, 0) is 9.53 Å². The molecule has 3 saturated heterocycles. The van der Waals surface area contributed by atoms with Gasteiger partial charge in [0.1, 0.15) is 17.5 Å². The van der Waals surface area contributed by atoms with Gasteiger partial charge in [0.25, 0.3) is 5.91 Å². The summed E-state index contributed by atoms with van der Waals surface area (Å²) in [5, 5.41) is 0.848. The van der Waals surface area contributed by atoms with Crippen LogP contribution >= 0.6 is 11.3 Å². The highest BCUT2D eigenvalue weighted by molar-refractivity contribution is 7.13. The number of carbonyl (C=O) groups is 3. The first-order chi connectivity index (χ1) is 15.3. The lowest BCUT2D eigenvalue weighted by molar-refractivity contribution is -0.140. The molecule has 2 aromatic rings. The van der Waals surface area contributed by atoms with E-state index in [0.717, 1.165) is 16.3 Å². The van der Waals surface area contributed by atoms with Crippen LogP contribution in [0.1, 0.15) is 32.0 Å². The fraction of sp³-hybridized carbons (Fsp3) is 0.478. The van der Waals surface area contributed by atoms with Gasteiger partial charge in [0.2, 0.25) is 5.91 Å². The van der Waals surface area contributed by atoms with Gasteiger partial charge in [0, 0.05) is 31.6 Å². The number of cyclic esters (lactones) is 1. The van der Waals surface area contributed by atoms with Crippen LogP contribution in [0.25, 0.3) is 0 Å². The molecular formula is C23H26N4O4S. The van der Waals surface area contributed by atoms with Crippen LogP contribution in [0, 0.1) is 25.2 Å². The lowest BCUT2D eigenvalue weighted by Crippen LogP contribution is -2.61. The molecule has 3 amide bonds. The SMILES string of the molecule is Cc1nc(C)c(C(=O)N2C[C@@H](C(=O)N3C(=O)OC[C@H]3c3ccccc3)C3(CN(C)C3)C2)s1. The molecule has 2 atom stereocenters. The molecule has 168 valence electrons. The molecule has 0 unspecified atom stereocenters. The molecule has 0 aliphatic carbocycles. The minimum absolute atomic E-state index is 0.0825. The van der Waals surface area contributed by atoms with E-state index in [1.807, 2.05) is 51.2 Å². The summed E-state index contributed by atoms with van der Waals surface area (Å²) in [4.78, 5) is 49.9. The van der Waals surface area contributed by atoms with Crippen LogP contribution in [0.2, 0.25) is 0 Å². The number of rotatable bonds is 3. The third kappa shape index (κ3) is 3.31. The average Bonchev–Trinajstić information content (AvgIpc) is 3.42. The van der Waals surface area contributed by atoms with Crippen molar-refractivity contribution in [2.45, 2.75) is 19.9 Å². The predicted molar refractivity (Wildman–Crippen MR) is 118 cm³/mol. The standard InChI is InChI=1S/C23H26N4O4S/c1-14-19(32-15(2)24-14)21(29)26-9-17(23(13-26)11-25(3)12-23)20(28)27-18(10-31-22(27)30)16-7-5-4-6-8-16/h4-8,17-18H,9-13H2,1-3H3/t17-,18-/m0/s1. The maximum Gasteiger partial charge on any atom is 0.417 e. The normalized spacial score (nSPS) is 24.7. The number of hydrogen-bond acceptors (Lipinski definition) is 7. The van der Waals surface area contributed by atoms with Crippen LogP contribution in [0.5, 0.6) is 0 Å². The first kappa shape index (κ1) is 21.1. The van der Waals surface area contributed by atoms with Gasteiger partial charge in [-0.2, -0.15) is 0 Å². The molecule has 4 heterocycles. The number of aromatic nitrogens is 1. The van der Waals surface area contributed by atoms with E-state index in [1.54, 1.807) is 4.90 Å². The summed E-state index contributed by atoms with van der Waals surface area (Å²) in [7, 11) is 2.00. The molecule has 8 nitrogen and oxygen atoms in total. The van der Waals surface area contributed by atoms with Crippen molar-refractivity contribution in [3.8, 4) is 0 Å². The number of ether oxygens (including phenoxy) is 1. The minimum atomic E-state index is -0.606. The fourth-order valence-corrected chi connectivity index (χ4v) is 6.33. The molecule has 0 N–H and O–H groups in total. The molecule has 0 saturated carbocycles. The highest BCUT2D eigenvalue weighted by atomic mass is 32.1. The second-order valence-corrected chi connectivity index (χ2v) is 10.3. The average molecular weight is 455 g/mol. The largest absolute Gasteiger partial charge is 0.446 e. The quantitative estimate of drug-likeness (QED) is 0.709. The number of likely N-dealkylation sites (tertiary alicyclic amines) is 2. The van der Waals surface area contributed by atoms with Crippen molar-refractivity contribution < 1.29 is 19.1 Å². The van der Waals surface area contributed by atoms with Gasteiger partial charge >= 0.3 is 6.09 Å². The van der Waals surface area contributed by atoms with Gasteiger partial charge in [-0.15, -0.1) is 11.3 Å². The number of aryl methyl sites for hydroxylation is 2. The Hall–Kier alpha value is -2.78. The van der Waals surface area contributed by atoms with E-state index in [0.29, 0.717) is 31.1 Å². The summed E-state index contributed by atoms with van der Waals surface area (Å²) in [6.45, 7) is 6.10. The summed E-state index contributed by atoms with van der Waals surface area (Å²) in [5.74, 6) is -0.781. The topological polar surface area (TPSA) is 83.1 Å². The minimum Gasteiger partial charge on any atom is -0.446 e. The van der Waals surface area contributed by atoms with Crippen LogP contribution in [-0.4, -0.2) is 77.4 Å². The van der Waals surface area contributed by atoms with Gasteiger partial charge in [0.15, 0.2) is 0 Å². The first-order valence-electron chi connectivity index (χ1n) is 10.8. The molecule has 5 rings (SSSR count). The number of thiazole rings is 1. The Labute approximate surface area is 190 Å². The second kappa shape index (κ2) is 7.67. The van der Waals surface area contributed by atoms with Crippen molar-refractivity contribution >= 4 is 29.2 Å².